The van der Waals surface area contributed by atoms with Gasteiger partial charge in [-0.05, 0) is 56.0 Å². The van der Waals surface area contributed by atoms with Crippen molar-refractivity contribution in [1.82, 2.24) is 0 Å². The second-order valence-electron chi connectivity index (χ2n) is 4.57. The molecule has 2 nitrogen and oxygen atoms in total. The SMILES string of the molecule is O=Cc1ccc2c(Br)c(-c3ccc(O)cc3)ccc2c1. The van der Waals surface area contributed by atoms with Crippen molar-refractivity contribution in [1.29, 1.82) is 0 Å². The predicted molar refractivity (Wildman–Crippen MR) is 84.1 cm³/mol. The normalized spacial score (nSPS) is 10.7. The number of rotatable bonds is 2. The maximum absolute atomic E-state index is 10.8. The van der Waals surface area contributed by atoms with Gasteiger partial charge >= 0.3 is 0 Å². The molecule has 0 bridgehead atoms. The molecule has 0 heterocycles. The van der Waals surface area contributed by atoms with Crippen molar-refractivity contribution in [2.24, 2.45) is 0 Å². The van der Waals surface area contributed by atoms with E-state index in [1.807, 2.05) is 36.4 Å². The monoisotopic (exact) mass is 326 g/mol. The molecule has 3 rings (SSSR count). The summed E-state index contributed by atoms with van der Waals surface area (Å²) >= 11 is 3.63. The van der Waals surface area contributed by atoms with Crippen LogP contribution in [-0.4, -0.2) is 11.4 Å². The molecule has 3 aromatic carbocycles. The van der Waals surface area contributed by atoms with Crippen LogP contribution >= 0.6 is 15.9 Å². The van der Waals surface area contributed by atoms with Gasteiger partial charge in [0.25, 0.3) is 0 Å². The van der Waals surface area contributed by atoms with E-state index in [4.69, 9.17) is 0 Å². The smallest absolute Gasteiger partial charge is 0.150 e. The first-order chi connectivity index (χ1) is 9.69. The molecule has 0 saturated carbocycles. The highest BCUT2D eigenvalue weighted by Gasteiger charge is 2.08. The molecule has 0 spiro atoms. The number of aromatic hydroxyl groups is 1. The Bertz CT molecular complexity index is 792. The molecular formula is C17H11BrO2. The molecule has 3 aromatic rings. The largest absolute Gasteiger partial charge is 0.508 e. The van der Waals surface area contributed by atoms with Crippen LogP contribution in [0.4, 0.5) is 0 Å². The van der Waals surface area contributed by atoms with Gasteiger partial charge in [0, 0.05) is 10.0 Å². The maximum atomic E-state index is 10.8. The van der Waals surface area contributed by atoms with Crippen molar-refractivity contribution in [3.8, 4) is 16.9 Å². The summed E-state index contributed by atoms with van der Waals surface area (Å²) in [5, 5.41) is 11.4. The maximum Gasteiger partial charge on any atom is 0.150 e. The molecule has 20 heavy (non-hydrogen) atoms. The quantitative estimate of drug-likeness (QED) is 0.687. The van der Waals surface area contributed by atoms with E-state index in [2.05, 4.69) is 15.9 Å². The molecule has 0 aliphatic heterocycles. The fraction of sp³-hybridized carbons (Fsp3) is 0. The molecule has 1 N–H and O–H groups in total. The number of benzene rings is 3. The van der Waals surface area contributed by atoms with Gasteiger partial charge in [0.1, 0.15) is 12.0 Å². The van der Waals surface area contributed by atoms with Gasteiger partial charge in [-0.3, -0.25) is 4.79 Å². The summed E-state index contributed by atoms with van der Waals surface area (Å²) < 4.78 is 0.984. The Morgan fingerprint density at radius 3 is 2.40 bits per heavy atom. The minimum absolute atomic E-state index is 0.251. The number of halogens is 1. The van der Waals surface area contributed by atoms with E-state index in [9.17, 15) is 9.90 Å². The molecule has 0 atom stereocenters. The third-order valence-electron chi connectivity index (χ3n) is 3.29. The average molecular weight is 327 g/mol. The lowest BCUT2D eigenvalue weighted by Crippen LogP contribution is -1.85. The number of phenols is 1. The Hall–Kier alpha value is -2.13. The van der Waals surface area contributed by atoms with E-state index in [0.717, 1.165) is 32.7 Å². The Morgan fingerprint density at radius 1 is 0.950 bits per heavy atom. The summed E-state index contributed by atoms with van der Waals surface area (Å²) in [6.07, 6.45) is 0.848. The predicted octanol–water partition coefficient (Wildman–Crippen LogP) is 4.79. The van der Waals surface area contributed by atoms with Crippen molar-refractivity contribution in [2.45, 2.75) is 0 Å². The first-order valence-electron chi connectivity index (χ1n) is 6.16. The number of fused-ring (bicyclic) bond motifs is 1. The first-order valence-corrected chi connectivity index (χ1v) is 6.95. The van der Waals surface area contributed by atoms with Crippen LogP contribution in [0.25, 0.3) is 21.9 Å². The van der Waals surface area contributed by atoms with Gasteiger partial charge in [0.05, 0.1) is 0 Å². The van der Waals surface area contributed by atoms with Gasteiger partial charge in [-0.1, -0.05) is 36.4 Å². The zero-order valence-electron chi connectivity index (χ0n) is 10.5. The summed E-state index contributed by atoms with van der Waals surface area (Å²) in [7, 11) is 0. The molecule has 0 fully saturated rings. The number of phenolic OH excluding ortho intramolecular Hbond substituents is 1. The highest BCUT2D eigenvalue weighted by molar-refractivity contribution is 9.10. The lowest BCUT2D eigenvalue weighted by atomic mass is 10.00. The van der Waals surface area contributed by atoms with Gasteiger partial charge < -0.3 is 5.11 Å². The minimum atomic E-state index is 0.251. The molecule has 0 aromatic heterocycles. The van der Waals surface area contributed by atoms with Crippen LogP contribution in [0.3, 0.4) is 0 Å². The van der Waals surface area contributed by atoms with E-state index in [1.165, 1.54) is 0 Å². The third-order valence-corrected chi connectivity index (χ3v) is 4.15. The van der Waals surface area contributed by atoms with Crippen LogP contribution in [0.5, 0.6) is 5.75 Å². The van der Waals surface area contributed by atoms with Gasteiger partial charge in [0.15, 0.2) is 0 Å². The Labute approximate surface area is 124 Å². The summed E-state index contributed by atoms with van der Waals surface area (Å²) in [6, 6.07) is 16.7. The van der Waals surface area contributed by atoms with E-state index < -0.39 is 0 Å². The van der Waals surface area contributed by atoms with Crippen LogP contribution in [0, 0.1) is 0 Å². The number of hydrogen-bond acceptors (Lipinski definition) is 2. The Balaban J connectivity index is 2.20. The Morgan fingerprint density at radius 2 is 1.70 bits per heavy atom. The number of aldehydes is 1. The van der Waals surface area contributed by atoms with Gasteiger partial charge in [-0.15, -0.1) is 0 Å². The second-order valence-corrected chi connectivity index (χ2v) is 5.37. The van der Waals surface area contributed by atoms with Crippen molar-refractivity contribution >= 4 is 33.0 Å². The second kappa shape index (κ2) is 5.10. The van der Waals surface area contributed by atoms with E-state index >= 15 is 0 Å². The molecule has 98 valence electrons. The molecule has 0 amide bonds. The van der Waals surface area contributed by atoms with Crippen molar-refractivity contribution in [2.75, 3.05) is 0 Å². The molecular weight excluding hydrogens is 316 g/mol. The average Bonchev–Trinajstić information content (AvgIpc) is 2.48. The van der Waals surface area contributed by atoms with Crippen LogP contribution in [0.15, 0.2) is 59.1 Å². The van der Waals surface area contributed by atoms with E-state index in [1.54, 1.807) is 18.2 Å². The first kappa shape index (κ1) is 12.9. The number of hydrogen-bond donors (Lipinski definition) is 1. The summed E-state index contributed by atoms with van der Waals surface area (Å²) in [4.78, 5) is 10.8. The van der Waals surface area contributed by atoms with Gasteiger partial charge in [-0.25, -0.2) is 0 Å². The van der Waals surface area contributed by atoms with Crippen molar-refractivity contribution in [3.63, 3.8) is 0 Å². The molecule has 0 saturated heterocycles. The lowest BCUT2D eigenvalue weighted by molar-refractivity contribution is 0.112. The fourth-order valence-corrected chi connectivity index (χ4v) is 2.97. The van der Waals surface area contributed by atoms with Crippen LogP contribution in [-0.2, 0) is 0 Å². The van der Waals surface area contributed by atoms with Gasteiger partial charge in [0.2, 0.25) is 0 Å². The molecule has 0 unspecified atom stereocenters. The number of carbonyl (C=O) groups excluding carboxylic acids is 1. The molecule has 0 aliphatic rings. The van der Waals surface area contributed by atoms with Crippen molar-refractivity contribution < 1.29 is 9.90 Å². The number of carbonyl (C=O) groups is 1. The molecule has 0 aliphatic carbocycles. The summed E-state index contributed by atoms with van der Waals surface area (Å²) in [5.74, 6) is 0.251. The highest BCUT2D eigenvalue weighted by atomic mass is 79.9. The van der Waals surface area contributed by atoms with Crippen LogP contribution < -0.4 is 0 Å². The van der Waals surface area contributed by atoms with Crippen molar-refractivity contribution in [3.05, 3.63) is 64.6 Å². The fourth-order valence-electron chi connectivity index (χ4n) is 2.25. The van der Waals surface area contributed by atoms with E-state index in [-0.39, 0.29) is 5.75 Å². The third kappa shape index (κ3) is 2.21. The zero-order chi connectivity index (χ0) is 14.1. The van der Waals surface area contributed by atoms with Crippen LogP contribution in [0.1, 0.15) is 10.4 Å². The molecule has 0 radical (unpaired) electrons. The molecule has 3 heteroatoms. The zero-order valence-corrected chi connectivity index (χ0v) is 12.1. The standard InChI is InChI=1S/C17H11BrO2/c18-17-15(12-2-5-14(20)6-3-12)8-4-13-9-11(10-19)1-7-16(13)17/h1-10,20H. The van der Waals surface area contributed by atoms with Crippen LogP contribution in [0.2, 0.25) is 0 Å². The topological polar surface area (TPSA) is 37.3 Å². The summed E-state index contributed by atoms with van der Waals surface area (Å²) in [5.41, 5.74) is 2.74. The highest BCUT2D eigenvalue weighted by Crippen LogP contribution is 2.35. The lowest BCUT2D eigenvalue weighted by Gasteiger charge is -2.09. The summed E-state index contributed by atoms with van der Waals surface area (Å²) in [6.45, 7) is 0. The minimum Gasteiger partial charge on any atom is -0.508 e. The Kier molecular flexibility index (Phi) is 3.28. The van der Waals surface area contributed by atoms with E-state index in [0.29, 0.717) is 5.56 Å². The van der Waals surface area contributed by atoms with Gasteiger partial charge in [-0.2, -0.15) is 0 Å².